The molecule has 2 aromatic carbocycles. The van der Waals surface area contributed by atoms with Gasteiger partial charge in [0.1, 0.15) is 11.5 Å². The number of benzene rings is 2. The SMILES string of the molecule is CCCCCCOc1cccc(NC(=O)COc2ccc(Br)cc2Br)c1. The third kappa shape index (κ3) is 7.38. The number of hydrogen-bond donors (Lipinski definition) is 1. The minimum Gasteiger partial charge on any atom is -0.494 e. The summed E-state index contributed by atoms with van der Waals surface area (Å²) in [6.45, 7) is 2.81. The van der Waals surface area contributed by atoms with Crippen molar-refractivity contribution in [2.45, 2.75) is 32.6 Å². The topological polar surface area (TPSA) is 47.6 Å². The van der Waals surface area contributed by atoms with E-state index < -0.39 is 0 Å². The highest BCUT2D eigenvalue weighted by molar-refractivity contribution is 9.11. The van der Waals surface area contributed by atoms with Crippen LogP contribution in [-0.2, 0) is 4.79 Å². The maximum atomic E-state index is 12.1. The van der Waals surface area contributed by atoms with Crippen molar-refractivity contribution in [2.24, 2.45) is 0 Å². The van der Waals surface area contributed by atoms with E-state index in [1.54, 1.807) is 6.07 Å². The van der Waals surface area contributed by atoms with Crippen LogP contribution in [-0.4, -0.2) is 19.1 Å². The first-order chi connectivity index (χ1) is 12.6. The average Bonchev–Trinajstić information content (AvgIpc) is 2.61. The highest BCUT2D eigenvalue weighted by Gasteiger charge is 2.07. The van der Waals surface area contributed by atoms with Crippen LogP contribution in [0.4, 0.5) is 5.69 Å². The van der Waals surface area contributed by atoms with Crippen LogP contribution < -0.4 is 14.8 Å². The molecule has 6 heteroatoms. The predicted octanol–water partition coefficient (Wildman–Crippen LogP) is 6.19. The van der Waals surface area contributed by atoms with Gasteiger partial charge in [0.2, 0.25) is 0 Å². The van der Waals surface area contributed by atoms with Crippen molar-refractivity contribution in [3.05, 3.63) is 51.4 Å². The molecule has 0 aliphatic heterocycles. The summed E-state index contributed by atoms with van der Waals surface area (Å²) in [6, 6.07) is 12.9. The van der Waals surface area contributed by atoms with Gasteiger partial charge < -0.3 is 14.8 Å². The molecule has 0 radical (unpaired) electrons. The first kappa shape index (κ1) is 20.8. The average molecular weight is 485 g/mol. The molecule has 0 aliphatic carbocycles. The van der Waals surface area contributed by atoms with Crippen molar-refractivity contribution in [3.63, 3.8) is 0 Å². The van der Waals surface area contributed by atoms with Crippen molar-refractivity contribution in [3.8, 4) is 11.5 Å². The van der Waals surface area contributed by atoms with Gasteiger partial charge in [-0.05, 0) is 52.7 Å². The number of hydrogen-bond acceptors (Lipinski definition) is 3. The van der Waals surface area contributed by atoms with Gasteiger partial charge in [-0.3, -0.25) is 4.79 Å². The number of carbonyl (C=O) groups is 1. The zero-order chi connectivity index (χ0) is 18.8. The van der Waals surface area contributed by atoms with Gasteiger partial charge in [-0.15, -0.1) is 0 Å². The summed E-state index contributed by atoms with van der Waals surface area (Å²) in [4.78, 5) is 12.1. The van der Waals surface area contributed by atoms with Crippen molar-refractivity contribution < 1.29 is 14.3 Å². The molecular weight excluding hydrogens is 462 g/mol. The molecule has 0 aliphatic rings. The Hall–Kier alpha value is -1.53. The van der Waals surface area contributed by atoms with Gasteiger partial charge in [0.05, 0.1) is 11.1 Å². The molecule has 0 heterocycles. The minimum atomic E-state index is -0.222. The molecule has 0 saturated heterocycles. The van der Waals surface area contributed by atoms with Crippen LogP contribution in [0.15, 0.2) is 51.4 Å². The summed E-state index contributed by atoms with van der Waals surface area (Å²) in [7, 11) is 0. The fourth-order valence-corrected chi connectivity index (χ4v) is 3.48. The molecule has 0 atom stereocenters. The number of rotatable bonds is 10. The fraction of sp³-hybridized carbons (Fsp3) is 0.350. The predicted molar refractivity (Wildman–Crippen MR) is 112 cm³/mol. The molecular formula is C20H23Br2NO3. The lowest BCUT2D eigenvalue weighted by atomic mass is 10.2. The lowest BCUT2D eigenvalue weighted by molar-refractivity contribution is -0.118. The van der Waals surface area contributed by atoms with Gasteiger partial charge in [0.15, 0.2) is 6.61 Å². The Morgan fingerprint density at radius 3 is 2.65 bits per heavy atom. The maximum Gasteiger partial charge on any atom is 0.262 e. The number of unbranched alkanes of at least 4 members (excludes halogenated alkanes) is 3. The monoisotopic (exact) mass is 483 g/mol. The number of nitrogens with one attached hydrogen (secondary N) is 1. The standard InChI is InChI=1S/C20H23Br2NO3/c1-2-3-4-5-11-25-17-8-6-7-16(13-17)23-20(24)14-26-19-10-9-15(21)12-18(19)22/h6-10,12-13H,2-5,11,14H2,1H3,(H,23,24). The van der Waals surface area contributed by atoms with Crippen LogP contribution in [0.5, 0.6) is 11.5 Å². The second-order valence-corrected chi connectivity index (χ2v) is 7.62. The maximum absolute atomic E-state index is 12.1. The smallest absolute Gasteiger partial charge is 0.262 e. The van der Waals surface area contributed by atoms with E-state index in [9.17, 15) is 4.79 Å². The van der Waals surface area contributed by atoms with Crippen LogP contribution in [0.3, 0.4) is 0 Å². The van der Waals surface area contributed by atoms with E-state index in [2.05, 4.69) is 44.1 Å². The first-order valence-corrected chi connectivity index (χ1v) is 10.3. The molecule has 4 nitrogen and oxygen atoms in total. The third-order valence-corrected chi connectivity index (χ3v) is 4.75. The Bertz CT molecular complexity index is 722. The third-order valence-electron chi connectivity index (χ3n) is 3.64. The van der Waals surface area contributed by atoms with E-state index in [-0.39, 0.29) is 12.5 Å². The highest BCUT2D eigenvalue weighted by atomic mass is 79.9. The number of anilines is 1. The lowest BCUT2D eigenvalue weighted by Crippen LogP contribution is -2.20. The van der Waals surface area contributed by atoms with E-state index in [1.807, 2.05) is 36.4 Å². The first-order valence-electron chi connectivity index (χ1n) is 8.69. The summed E-state index contributed by atoms with van der Waals surface area (Å²) in [5.41, 5.74) is 0.694. The second-order valence-electron chi connectivity index (χ2n) is 5.85. The quantitative estimate of drug-likeness (QED) is 0.409. The van der Waals surface area contributed by atoms with Crippen LogP contribution >= 0.6 is 31.9 Å². The molecule has 0 unspecified atom stereocenters. The Morgan fingerprint density at radius 2 is 1.88 bits per heavy atom. The van der Waals surface area contributed by atoms with Gasteiger partial charge in [0.25, 0.3) is 5.91 Å². The largest absolute Gasteiger partial charge is 0.494 e. The van der Waals surface area contributed by atoms with Gasteiger partial charge in [-0.1, -0.05) is 48.2 Å². The Kier molecular flexibility index (Phi) is 8.98. The Balaban J connectivity index is 1.80. The number of ether oxygens (including phenoxy) is 2. The van der Waals surface area contributed by atoms with Crippen molar-refractivity contribution in [2.75, 3.05) is 18.5 Å². The van der Waals surface area contributed by atoms with Crippen molar-refractivity contribution >= 4 is 43.5 Å². The molecule has 140 valence electrons. The molecule has 2 aromatic rings. The summed E-state index contributed by atoms with van der Waals surface area (Å²) < 4.78 is 13.0. The van der Waals surface area contributed by atoms with E-state index in [0.29, 0.717) is 18.0 Å². The molecule has 1 N–H and O–H groups in total. The molecule has 26 heavy (non-hydrogen) atoms. The van der Waals surface area contributed by atoms with Crippen molar-refractivity contribution in [1.29, 1.82) is 0 Å². The fourth-order valence-electron chi connectivity index (χ4n) is 2.32. The van der Waals surface area contributed by atoms with E-state index >= 15 is 0 Å². The number of carbonyl (C=O) groups excluding carboxylic acids is 1. The molecule has 0 bridgehead atoms. The van der Waals surface area contributed by atoms with Crippen LogP contribution in [0.2, 0.25) is 0 Å². The van der Waals surface area contributed by atoms with E-state index in [4.69, 9.17) is 9.47 Å². The van der Waals surface area contributed by atoms with Crippen molar-refractivity contribution in [1.82, 2.24) is 0 Å². The Morgan fingerprint density at radius 1 is 1.04 bits per heavy atom. The molecule has 2 rings (SSSR count). The summed E-state index contributed by atoms with van der Waals surface area (Å²) in [6.07, 6.45) is 4.66. The Labute approximate surface area is 171 Å². The van der Waals surface area contributed by atoms with E-state index in [0.717, 1.165) is 21.1 Å². The zero-order valence-electron chi connectivity index (χ0n) is 14.8. The van der Waals surface area contributed by atoms with Gasteiger partial charge in [0, 0.05) is 16.2 Å². The summed E-state index contributed by atoms with van der Waals surface area (Å²) in [5, 5.41) is 2.83. The molecule has 0 fully saturated rings. The van der Waals surface area contributed by atoms with E-state index in [1.165, 1.54) is 19.3 Å². The minimum absolute atomic E-state index is 0.0671. The molecule has 0 saturated carbocycles. The van der Waals surface area contributed by atoms with Crippen LogP contribution in [0, 0.1) is 0 Å². The summed E-state index contributed by atoms with van der Waals surface area (Å²) >= 11 is 6.79. The number of halogens is 2. The molecule has 1 amide bonds. The van der Waals surface area contributed by atoms with Gasteiger partial charge in [-0.2, -0.15) is 0 Å². The van der Waals surface area contributed by atoms with Crippen LogP contribution in [0.1, 0.15) is 32.6 Å². The lowest BCUT2D eigenvalue weighted by Gasteiger charge is -2.11. The molecule has 0 spiro atoms. The van der Waals surface area contributed by atoms with Crippen LogP contribution in [0.25, 0.3) is 0 Å². The van der Waals surface area contributed by atoms with Gasteiger partial charge in [-0.25, -0.2) is 0 Å². The number of amides is 1. The second kappa shape index (κ2) is 11.2. The summed E-state index contributed by atoms with van der Waals surface area (Å²) in [5.74, 6) is 1.16. The van der Waals surface area contributed by atoms with Gasteiger partial charge >= 0.3 is 0 Å². The normalized spacial score (nSPS) is 10.4. The molecule has 0 aromatic heterocycles. The highest BCUT2D eigenvalue weighted by Crippen LogP contribution is 2.28. The zero-order valence-corrected chi connectivity index (χ0v) is 17.9.